The summed E-state index contributed by atoms with van der Waals surface area (Å²) in [6.45, 7) is 12.9. The predicted octanol–water partition coefficient (Wildman–Crippen LogP) is 10.4. The Labute approximate surface area is 437 Å². The minimum atomic E-state index is -1.16. The average Bonchev–Trinajstić information content (AvgIpc) is 3.89. The normalized spacial score (nSPS) is 17.4. The third kappa shape index (κ3) is 15.5. The van der Waals surface area contributed by atoms with Crippen LogP contribution in [0.15, 0.2) is 164 Å². The molecule has 5 atom stereocenters. The van der Waals surface area contributed by atoms with Crippen molar-refractivity contribution in [3.8, 4) is 33.4 Å². The van der Waals surface area contributed by atoms with Gasteiger partial charge >= 0.3 is 5.97 Å². The summed E-state index contributed by atoms with van der Waals surface area (Å²) < 4.78 is 4.77. The molecule has 6 aromatic carbocycles. The molecular formula is C63H73N3O8. The third-order valence-electron chi connectivity index (χ3n) is 13.1. The predicted molar refractivity (Wildman–Crippen MR) is 292 cm³/mol. The minimum Gasteiger partial charge on any atom is -0.464 e. The second kappa shape index (κ2) is 25.7. The summed E-state index contributed by atoms with van der Waals surface area (Å²) in [7, 11) is 0. The molecule has 8 rings (SSSR count). The van der Waals surface area contributed by atoms with Gasteiger partial charge in [0.25, 0.3) is 5.91 Å². The quantitative estimate of drug-likeness (QED) is 0.0954. The van der Waals surface area contributed by atoms with Gasteiger partial charge in [-0.1, -0.05) is 205 Å². The molecule has 2 fully saturated rings. The Balaban J connectivity index is 0.000000181. The summed E-state index contributed by atoms with van der Waals surface area (Å²) >= 11 is 0. The number of carbonyl (C=O) groups is 5. The van der Waals surface area contributed by atoms with Gasteiger partial charge in [-0.2, -0.15) is 0 Å². The molecule has 0 saturated carbocycles. The van der Waals surface area contributed by atoms with Crippen LogP contribution in [0.4, 0.5) is 0 Å². The van der Waals surface area contributed by atoms with Crippen LogP contribution in [-0.2, 0) is 48.0 Å². The number of amides is 4. The lowest BCUT2D eigenvalue weighted by Crippen LogP contribution is -2.46. The fourth-order valence-electron chi connectivity index (χ4n) is 9.13. The van der Waals surface area contributed by atoms with Gasteiger partial charge in [0.05, 0.1) is 6.61 Å². The van der Waals surface area contributed by atoms with Crippen LogP contribution >= 0.6 is 0 Å². The molecule has 0 bridgehead atoms. The van der Waals surface area contributed by atoms with Crippen molar-refractivity contribution in [3.05, 3.63) is 180 Å². The number of benzene rings is 6. The molecule has 2 aliphatic rings. The van der Waals surface area contributed by atoms with Crippen molar-refractivity contribution in [1.82, 2.24) is 9.80 Å². The van der Waals surface area contributed by atoms with Crippen LogP contribution in [0.1, 0.15) is 90.8 Å². The lowest BCUT2D eigenvalue weighted by Gasteiger charge is -2.29. The van der Waals surface area contributed by atoms with Gasteiger partial charge in [-0.15, -0.1) is 0 Å². The molecule has 6 aromatic rings. The summed E-state index contributed by atoms with van der Waals surface area (Å²) in [6, 6.07) is 54.6. The highest BCUT2D eigenvalue weighted by molar-refractivity contribution is 6.01. The molecule has 4 N–H and O–H groups in total. The Bertz CT molecular complexity index is 2770. The monoisotopic (exact) mass is 1000 g/mol. The number of imide groups is 2. The second-order valence-electron chi connectivity index (χ2n) is 21.2. The van der Waals surface area contributed by atoms with E-state index in [4.69, 9.17) is 10.5 Å². The Kier molecular flexibility index (Phi) is 19.6. The molecule has 2 aliphatic heterocycles. The molecule has 11 heteroatoms. The van der Waals surface area contributed by atoms with Crippen LogP contribution in [0.25, 0.3) is 33.4 Å². The molecule has 74 heavy (non-hydrogen) atoms. The number of carbonyl (C=O) groups excluding carboxylic acids is 5. The highest BCUT2D eigenvalue weighted by Crippen LogP contribution is 2.31. The molecule has 4 amide bonds. The number of esters is 1. The van der Waals surface area contributed by atoms with Crippen molar-refractivity contribution in [1.29, 1.82) is 0 Å². The number of hydrogen-bond donors (Lipinski definition) is 3. The van der Waals surface area contributed by atoms with Gasteiger partial charge in [-0.3, -0.25) is 29.0 Å². The first-order valence-electron chi connectivity index (χ1n) is 25.7. The largest absolute Gasteiger partial charge is 0.464 e. The third-order valence-corrected chi connectivity index (χ3v) is 13.1. The number of nitrogens with zero attached hydrogens (tertiary/aromatic N) is 2. The van der Waals surface area contributed by atoms with Gasteiger partial charge in [0.1, 0.15) is 6.10 Å². The van der Waals surface area contributed by atoms with E-state index < -0.39 is 34.9 Å². The second-order valence-corrected chi connectivity index (χ2v) is 21.2. The van der Waals surface area contributed by atoms with Gasteiger partial charge in [-0.25, -0.2) is 4.79 Å². The van der Waals surface area contributed by atoms with E-state index in [1.807, 2.05) is 112 Å². The highest BCUT2D eigenvalue weighted by atomic mass is 16.5. The molecule has 388 valence electrons. The van der Waals surface area contributed by atoms with Crippen molar-refractivity contribution in [2.24, 2.45) is 16.6 Å². The van der Waals surface area contributed by atoms with E-state index in [1.54, 1.807) is 27.7 Å². The number of nitrogens with two attached hydrogens (primary N) is 1. The van der Waals surface area contributed by atoms with Crippen LogP contribution in [0.5, 0.6) is 0 Å². The topological polar surface area (TPSA) is 168 Å². The smallest absolute Gasteiger partial charge is 0.335 e. The summed E-state index contributed by atoms with van der Waals surface area (Å²) in [4.78, 5) is 64.0. The molecule has 0 aromatic heterocycles. The van der Waals surface area contributed by atoms with Gasteiger partial charge in [0.15, 0.2) is 6.10 Å². The molecule has 1 unspecified atom stereocenters. The molecule has 0 radical (unpaired) electrons. The van der Waals surface area contributed by atoms with E-state index in [0.29, 0.717) is 25.7 Å². The first kappa shape index (κ1) is 56.2. The number of aliphatic hydroxyl groups excluding tert-OH is 2. The number of aliphatic hydroxyl groups is 2. The van der Waals surface area contributed by atoms with Gasteiger partial charge in [0.2, 0.25) is 17.7 Å². The lowest BCUT2D eigenvalue weighted by molar-refractivity contribution is -0.154. The standard InChI is InChI=1S/C22H25NO3.C22H25NO2.C19H23NO3/c1-22(2,3)21(26)23-18(14-19(24)20(23)25)13-15-9-11-17(12-10-15)16-7-5-4-6-8-16;1-22(2,3)21(25)23-19(13-14-20(23)24)15-16-9-11-18(12-10-16)17-7-5-4-6-8-17;1-2-23-19(22)18(21)13-17(20)12-14-8-10-16(11-9-14)15-6-4-3-5-7-15/h4-12,18-19,24H,13-14H2,1-3H3;4-12,19H,13-15H2,1-3H3;3-11,17-18,21H,2,12-13,20H2,1H3/t18-,19-;19-;17?,18-/m101/s1. The Morgan fingerprint density at radius 2 is 0.959 bits per heavy atom. The fourth-order valence-corrected chi connectivity index (χ4v) is 9.13. The molecule has 2 saturated heterocycles. The average molecular weight is 1000 g/mol. The highest BCUT2D eigenvalue weighted by Gasteiger charge is 2.45. The van der Waals surface area contributed by atoms with E-state index in [-0.39, 0.29) is 48.9 Å². The fraction of sp³-hybridized carbons (Fsp3) is 0.349. The Hall–Kier alpha value is -7.05. The first-order valence-corrected chi connectivity index (χ1v) is 25.7. The first-order chi connectivity index (χ1) is 35.2. The molecule has 0 aliphatic carbocycles. The van der Waals surface area contributed by atoms with Gasteiger partial charge in [-0.05, 0) is 89.1 Å². The maximum Gasteiger partial charge on any atom is 0.335 e. The number of likely N-dealkylation sites (tertiary alicyclic amines) is 2. The van der Waals surface area contributed by atoms with E-state index in [2.05, 4.69) is 72.8 Å². The van der Waals surface area contributed by atoms with E-state index in [0.717, 1.165) is 46.2 Å². The number of ether oxygens (including phenoxy) is 1. The SMILES string of the molecule is CC(C)(C)C(=O)N1C(=O)CC[C@H]1Cc1ccc(-c2ccccc2)cc1.CC(C)(C)C(=O)N1C(=O)[C@H](O)C[C@H]1Cc1ccc(-c2ccccc2)cc1.CCOC(=O)[C@H](O)CC(N)Cc1ccc(-c2ccccc2)cc1. The van der Waals surface area contributed by atoms with E-state index >= 15 is 0 Å². The van der Waals surface area contributed by atoms with Crippen molar-refractivity contribution in [2.75, 3.05) is 6.61 Å². The summed E-state index contributed by atoms with van der Waals surface area (Å²) in [5, 5.41) is 19.7. The summed E-state index contributed by atoms with van der Waals surface area (Å²) in [5.74, 6) is -1.42. The van der Waals surface area contributed by atoms with Crippen molar-refractivity contribution >= 4 is 29.6 Å². The zero-order chi connectivity index (χ0) is 53.6. The summed E-state index contributed by atoms with van der Waals surface area (Å²) in [6.07, 6.45) is 1.34. The maximum atomic E-state index is 12.7. The Morgan fingerprint density at radius 3 is 1.36 bits per heavy atom. The maximum absolute atomic E-state index is 12.7. The molecule has 0 spiro atoms. The van der Waals surface area contributed by atoms with Crippen LogP contribution in [0.2, 0.25) is 0 Å². The van der Waals surface area contributed by atoms with E-state index in [9.17, 15) is 34.2 Å². The Morgan fingerprint density at radius 1 is 0.581 bits per heavy atom. The van der Waals surface area contributed by atoms with Crippen molar-refractivity contribution in [3.63, 3.8) is 0 Å². The molecule has 11 nitrogen and oxygen atoms in total. The number of rotatable bonds is 13. The van der Waals surface area contributed by atoms with Crippen LogP contribution in [-0.4, -0.2) is 86.6 Å². The van der Waals surface area contributed by atoms with Gasteiger partial charge in [0, 0.05) is 41.8 Å². The van der Waals surface area contributed by atoms with Crippen molar-refractivity contribution in [2.45, 2.75) is 124 Å². The minimum absolute atomic E-state index is 0.0261. The zero-order valence-electron chi connectivity index (χ0n) is 43.9. The molecule has 2 heterocycles. The van der Waals surface area contributed by atoms with E-state index in [1.165, 1.54) is 26.5 Å². The van der Waals surface area contributed by atoms with Crippen molar-refractivity contribution < 1.29 is 38.9 Å². The van der Waals surface area contributed by atoms with Crippen LogP contribution < -0.4 is 5.73 Å². The lowest BCUT2D eigenvalue weighted by atomic mass is 9.93. The van der Waals surface area contributed by atoms with Crippen LogP contribution in [0.3, 0.4) is 0 Å². The molecular weight excluding hydrogens is 927 g/mol. The van der Waals surface area contributed by atoms with Crippen LogP contribution in [0, 0.1) is 10.8 Å². The zero-order valence-corrected chi connectivity index (χ0v) is 43.9. The van der Waals surface area contributed by atoms with Gasteiger partial charge < -0.3 is 20.7 Å². The summed E-state index contributed by atoms with van der Waals surface area (Å²) in [5.41, 5.74) is 15.1. The number of hydrogen-bond acceptors (Lipinski definition) is 9.